The van der Waals surface area contributed by atoms with Crippen LogP contribution in [0.3, 0.4) is 0 Å². The molecule has 0 aliphatic carbocycles. The van der Waals surface area contributed by atoms with Gasteiger partial charge in [-0.3, -0.25) is 0 Å². The molecule has 0 saturated carbocycles. The van der Waals surface area contributed by atoms with E-state index in [2.05, 4.69) is 16.8 Å². The zero-order chi connectivity index (χ0) is 14.5. The molecule has 1 aromatic carbocycles. The number of rotatable bonds is 2. The molecule has 1 aromatic heterocycles. The third-order valence-electron chi connectivity index (χ3n) is 2.83. The molecule has 2 nitrogen and oxygen atoms in total. The van der Waals surface area contributed by atoms with Gasteiger partial charge in [-0.15, -0.1) is 0 Å². The van der Waals surface area contributed by atoms with Gasteiger partial charge in [-0.2, -0.15) is 0 Å². The lowest BCUT2D eigenvalue weighted by atomic mass is 10.1. The maximum Gasteiger partial charge on any atom is 0.149 e. The highest BCUT2D eigenvalue weighted by Crippen LogP contribution is 2.25. The van der Waals surface area contributed by atoms with Gasteiger partial charge in [-0.25, -0.2) is 4.98 Å². The van der Waals surface area contributed by atoms with Crippen molar-refractivity contribution in [1.29, 1.82) is 0 Å². The quantitative estimate of drug-likeness (QED) is 0.775. The average Bonchev–Trinajstić information content (AvgIpc) is 2.41. The van der Waals surface area contributed by atoms with Gasteiger partial charge in [-0.1, -0.05) is 23.6 Å². The first kappa shape index (κ1) is 14.4. The van der Waals surface area contributed by atoms with E-state index in [1.807, 2.05) is 51.1 Å². The molecule has 0 unspecified atom stereocenters. The Balaban J connectivity index is 2.00. The molecule has 0 bridgehead atoms. The first-order chi connectivity index (χ1) is 9.56. The minimum atomic E-state index is 0.329. The summed E-state index contributed by atoms with van der Waals surface area (Å²) >= 11 is 6.11. The van der Waals surface area contributed by atoms with Crippen LogP contribution in [0.5, 0.6) is 5.75 Å². The van der Waals surface area contributed by atoms with E-state index >= 15 is 0 Å². The summed E-state index contributed by atoms with van der Waals surface area (Å²) in [5.74, 6) is 6.74. The number of benzene rings is 1. The van der Waals surface area contributed by atoms with Gasteiger partial charge in [0.15, 0.2) is 0 Å². The Labute approximate surface area is 124 Å². The van der Waals surface area contributed by atoms with Gasteiger partial charge >= 0.3 is 0 Å². The van der Waals surface area contributed by atoms with E-state index in [-0.39, 0.29) is 0 Å². The van der Waals surface area contributed by atoms with Crippen LogP contribution in [0.4, 0.5) is 0 Å². The molecule has 0 N–H and O–H groups in total. The Hall–Kier alpha value is -1.98. The second-order valence-electron chi connectivity index (χ2n) is 4.63. The predicted molar refractivity (Wildman–Crippen MR) is 82.3 cm³/mol. The monoisotopic (exact) mass is 285 g/mol. The van der Waals surface area contributed by atoms with E-state index in [1.54, 1.807) is 0 Å². The largest absolute Gasteiger partial charge is 0.481 e. The molecule has 0 radical (unpaired) electrons. The van der Waals surface area contributed by atoms with Gasteiger partial charge < -0.3 is 4.74 Å². The number of nitrogens with zero attached hydrogens (tertiary/aromatic N) is 1. The smallest absolute Gasteiger partial charge is 0.149 e. The van der Waals surface area contributed by atoms with Crippen LogP contribution in [0.15, 0.2) is 30.3 Å². The van der Waals surface area contributed by atoms with Gasteiger partial charge in [0.25, 0.3) is 0 Å². The fraction of sp³-hybridized carbons (Fsp3) is 0.235. The topological polar surface area (TPSA) is 22.1 Å². The summed E-state index contributed by atoms with van der Waals surface area (Å²) in [6.07, 6.45) is 0. The van der Waals surface area contributed by atoms with Crippen molar-refractivity contribution in [2.24, 2.45) is 0 Å². The summed E-state index contributed by atoms with van der Waals surface area (Å²) < 4.78 is 5.61. The van der Waals surface area contributed by atoms with Crippen LogP contribution in [0.25, 0.3) is 0 Å². The zero-order valence-electron chi connectivity index (χ0n) is 11.8. The minimum Gasteiger partial charge on any atom is -0.481 e. The number of hydrogen-bond donors (Lipinski definition) is 0. The molecule has 0 fully saturated rings. The number of pyridine rings is 1. The number of halogens is 1. The fourth-order valence-corrected chi connectivity index (χ4v) is 1.96. The van der Waals surface area contributed by atoms with Crippen molar-refractivity contribution in [2.45, 2.75) is 20.8 Å². The predicted octanol–water partition coefficient (Wildman–Crippen LogP) is 4.09. The molecular formula is C17H16ClNO. The summed E-state index contributed by atoms with van der Waals surface area (Å²) in [5, 5.41) is 0.785. The molecule has 20 heavy (non-hydrogen) atoms. The van der Waals surface area contributed by atoms with Crippen molar-refractivity contribution in [3.05, 3.63) is 57.9 Å². The van der Waals surface area contributed by atoms with Crippen molar-refractivity contribution >= 4 is 11.6 Å². The van der Waals surface area contributed by atoms with E-state index in [1.165, 1.54) is 0 Å². The maximum atomic E-state index is 6.11. The third-order valence-corrected chi connectivity index (χ3v) is 3.42. The Kier molecular flexibility index (Phi) is 4.65. The first-order valence-electron chi connectivity index (χ1n) is 6.38. The summed E-state index contributed by atoms with van der Waals surface area (Å²) in [5.41, 5.74) is 3.74. The molecular weight excluding hydrogens is 270 g/mol. The molecule has 102 valence electrons. The van der Waals surface area contributed by atoms with Crippen LogP contribution in [0.2, 0.25) is 5.02 Å². The Morgan fingerprint density at radius 1 is 1.15 bits per heavy atom. The second-order valence-corrected chi connectivity index (χ2v) is 5.00. The van der Waals surface area contributed by atoms with Crippen LogP contribution in [-0.4, -0.2) is 11.6 Å². The molecule has 0 atom stereocenters. The van der Waals surface area contributed by atoms with Gasteiger partial charge in [0.2, 0.25) is 0 Å². The van der Waals surface area contributed by atoms with Gasteiger partial charge in [0.05, 0.1) is 0 Å². The van der Waals surface area contributed by atoms with Crippen molar-refractivity contribution in [1.82, 2.24) is 4.98 Å². The molecule has 2 rings (SSSR count). The highest BCUT2D eigenvalue weighted by molar-refractivity contribution is 6.32. The molecule has 0 amide bonds. The lowest BCUT2D eigenvalue weighted by Crippen LogP contribution is -1.96. The molecule has 0 spiro atoms. The Bertz CT molecular complexity index is 660. The van der Waals surface area contributed by atoms with Crippen LogP contribution in [-0.2, 0) is 0 Å². The second kappa shape index (κ2) is 6.45. The maximum absolute atomic E-state index is 6.11. The highest BCUT2D eigenvalue weighted by Gasteiger charge is 2.02. The lowest BCUT2D eigenvalue weighted by Gasteiger charge is -2.07. The Morgan fingerprint density at radius 2 is 1.85 bits per heavy atom. The SMILES string of the molecule is Cc1cccc(C#CCOc2cc(C)c(Cl)c(C)c2)n1. The third kappa shape index (κ3) is 3.76. The molecule has 3 heteroatoms. The minimum absolute atomic E-state index is 0.329. The van der Waals surface area contributed by atoms with Gasteiger partial charge in [-0.05, 0) is 62.1 Å². The van der Waals surface area contributed by atoms with Crippen molar-refractivity contribution in [3.63, 3.8) is 0 Å². The van der Waals surface area contributed by atoms with Crippen molar-refractivity contribution in [3.8, 4) is 17.6 Å². The van der Waals surface area contributed by atoms with Gasteiger partial charge in [0, 0.05) is 10.7 Å². The standard InChI is InChI=1S/C17H16ClNO/c1-12-10-16(11-13(2)17(12)18)20-9-5-8-15-7-4-6-14(3)19-15/h4,6-7,10-11H,9H2,1-3H3. The lowest BCUT2D eigenvalue weighted by molar-refractivity contribution is 0.369. The number of aryl methyl sites for hydroxylation is 3. The summed E-state index contributed by atoms with van der Waals surface area (Å²) in [4.78, 5) is 4.31. The van der Waals surface area contributed by atoms with E-state index in [0.29, 0.717) is 6.61 Å². The van der Waals surface area contributed by atoms with E-state index in [4.69, 9.17) is 16.3 Å². The van der Waals surface area contributed by atoms with Crippen molar-refractivity contribution in [2.75, 3.05) is 6.61 Å². The van der Waals surface area contributed by atoms with Crippen LogP contribution in [0, 0.1) is 32.6 Å². The Morgan fingerprint density at radius 3 is 2.50 bits per heavy atom. The summed E-state index contributed by atoms with van der Waals surface area (Å²) in [7, 11) is 0. The van der Waals surface area contributed by atoms with Crippen LogP contribution in [0.1, 0.15) is 22.5 Å². The van der Waals surface area contributed by atoms with Crippen LogP contribution >= 0.6 is 11.6 Å². The molecule has 0 aliphatic rings. The van der Waals surface area contributed by atoms with E-state index in [9.17, 15) is 0 Å². The number of aromatic nitrogens is 1. The number of hydrogen-bond acceptors (Lipinski definition) is 2. The van der Waals surface area contributed by atoms with Crippen molar-refractivity contribution < 1.29 is 4.74 Å². The zero-order valence-corrected chi connectivity index (χ0v) is 12.6. The van der Waals surface area contributed by atoms with E-state index in [0.717, 1.165) is 33.3 Å². The molecule has 1 heterocycles. The molecule has 0 saturated heterocycles. The van der Waals surface area contributed by atoms with Crippen LogP contribution < -0.4 is 4.74 Å². The van der Waals surface area contributed by atoms with Gasteiger partial charge in [0.1, 0.15) is 18.1 Å². The molecule has 2 aromatic rings. The summed E-state index contributed by atoms with van der Waals surface area (Å²) in [6, 6.07) is 9.61. The highest BCUT2D eigenvalue weighted by atomic mass is 35.5. The molecule has 0 aliphatic heterocycles. The first-order valence-corrected chi connectivity index (χ1v) is 6.76. The number of ether oxygens (including phenoxy) is 1. The average molecular weight is 286 g/mol. The fourth-order valence-electron chi connectivity index (χ4n) is 1.85. The summed E-state index contributed by atoms with van der Waals surface area (Å²) in [6.45, 7) is 6.20. The van der Waals surface area contributed by atoms with E-state index < -0.39 is 0 Å². The normalized spacial score (nSPS) is 9.80.